The van der Waals surface area contributed by atoms with Gasteiger partial charge in [0.05, 0.1) is 12.0 Å². The van der Waals surface area contributed by atoms with Crippen LogP contribution in [0.25, 0.3) is 0 Å². The highest BCUT2D eigenvalue weighted by atomic mass is 32.2. The lowest BCUT2D eigenvalue weighted by molar-refractivity contribution is -0.0270. The summed E-state index contributed by atoms with van der Waals surface area (Å²) >= 11 is 0. The summed E-state index contributed by atoms with van der Waals surface area (Å²) in [7, 11) is -0.157. The van der Waals surface area contributed by atoms with Crippen LogP contribution in [0, 0.1) is 18.8 Å². The van der Waals surface area contributed by atoms with E-state index in [-0.39, 0.29) is 16.7 Å². The van der Waals surface area contributed by atoms with E-state index in [1.807, 2.05) is 25.1 Å². The lowest BCUT2D eigenvalue weighted by atomic mass is 9.71. The number of aryl methyl sites for hydroxylation is 1. The van der Waals surface area contributed by atoms with E-state index in [9.17, 15) is 8.42 Å². The van der Waals surface area contributed by atoms with Crippen molar-refractivity contribution in [3.63, 3.8) is 0 Å². The van der Waals surface area contributed by atoms with Crippen LogP contribution in [0.2, 0.25) is 0 Å². The molecule has 1 saturated heterocycles. The first-order chi connectivity index (χ1) is 15.4. The smallest absolute Gasteiger partial charge is 0.297 e. The number of methoxy groups -OCH3 is 1. The van der Waals surface area contributed by atoms with E-state index in [0.29, 0.717) is 17.5 Å². The number of hydrogen-bond acceptors (Lipinski definition) is 6. The van der Waals surface area contributed by atoms with E-state index in [0.717, 1.165) is 24.9 Å². The fourth-order valence-electron chi connectivity index (χ4n) is 5.30. The lowest BCUT2D eigenvalue weighted by Gasteiger charge is -2.48. The van der Waals surface area contributed by atoms with Crippen LogP contribution in [-0.2, 0) is 20.7 Å². The van der Waals surface area contributed by atoms with Crippen molar-refractivity contribution in [2.45, 2.75) is 42.9 Å². The molecule has 6 bridgehead atoms. The Bertz CT molecular complexity index is 1130. The molecule has 2 aromatic carbocycles. The molecule has 7 heteroatoms. The van der Waals surface area contributed by atoms with E-state index in [4.69, 9.17) is 13.7 Å². The van der Waals surface area contributed by atoms with Crippen molar-refractivity contribution in [2.75, 3.05) is 20.7 Å². The van der Waals surface area contributed by atoms with Crippen molar-refractivity contribution in [3.05, 3.63) is 65.7 Å². The third kappa shape index (κ3) is 3.83. The van der Waals surface area contributed by atoms with Gasteiger partial charge in [-0.2, -0.15) is 8.42 Å². The summed E-state index contributed by atoms with van der Waals surface area (Å²) in [4.78, 5) is 2.56. The average Bonchev–Trinajstić information content (AvgIpc) is 2.78. The Labute approximate surface area is 189 Å². The second-order valence-electron chi connectivity index (χ2n) is 9.06. The Hall–Kier alpha value is -2.35. The molecule has 32 heavy (non-hydrogen) atoms. The summed E-state index contributed by atoms with van der Waals surface area (Å²) in [5, 5.41) is 0. The molecule has 0 unspecified atom stereocenters. The topological polar surface area (TPSA) is 65.1 Å². The molecule has 1 aliphatic carbocycles. The predicted octanol–water partition coefficient (Wildman–Crippen LogP) is 3.59. The zero-order chi connectivity index (χ0) is 22.5. The van der Waals surface area contributed by atoms with Crippen molar-refractivity contribution < 1.29 is 22.1 Å². The number of ether oxygens (including phenoxy) is 2. The second kappa shape index (κ2) is 8.21. The van der Waals surface area contributed by atoms with Crippen LogP contribution >= 0.6 is 0 Å². The molecule has 2 aliphatic heterocycles. The fraction of sp³-hybridized carbons (Fsp3) is 0.440. The minimum absolute atomic E-state index is 0.151. The first-order valence-corrected chi connectivity index (χ1v) is 12.5. The lowest BCUT2D eigenvalue weighted by Crippen LogP contribution is -2.55. The molecule has 3 aliphatic rings. The maximum absolute atomic E-state index is 13.1. The van der Waals surface area contributed by atoms with Crippen molar-refractivity contribution in [3.8, 4) is 11.5 Å². The molecule has 0 aromatic heterocycles. The standard InChI is InChI=1S/C25H29NO5S/c1-16-4-7-18(8-5-16)32(27,28)31-23-11-9-19-20-12-13-26(2)21(19)14-17-6-10-22(29-3)24(15-17)30-25(20)23/h4-11,15,19-21,23,25H,12-14H2,1-3H3/t19-,20+,21-,23+,25-/m1/s1. The molecule has 5 rings (SSSR count). The van der Waals surface area contributed by atoms with Gasteiger partial charge in [-0.1, -0.05) is 35.9 Å². The van der Waals surface area contributed by atoms with Gasteiger partial charge in [0.2, 0.25) is 0 Å². The van der Waals surface area contributed by atoms with Crippen molar-refractivity contribution >= 4 is 10.1 Å². The van der Waals surface area contributed by atoms with Gasteiger partial charge in [0.15, 0.2) is 11.5 Å². The largest absolute Gasteiger partial charge is 0.493 e. The molecule has 1 fully saturated rings. The number of hydrogen-bond donors (Lipinski definition) is 0. The Kier molecular flexibility index (Phi) is 5.51. The Balaban J connectivity index is 1.54. The summed E-state index contributed by atoms with van der Waals surface area (Å²) in [5.74, 6) is 1.70. The molecular formula is C25H29NO5S. The molecule has 5 atom stereocenters. The van der Waals surface area contributed by atoms with Gasteiger partial charge < -0.3 is 14.4 Å². The molecule has 0 saturated carbocycles. The fourth-order valence-corrected chi connectivity index (χ4v) is 6.35. The van der Waals surface area contributed by atoms with Gasteiger partial charge in [-0.25, -0.2) is 0 Å². The molecule has 0 amide bonds. The molecular weight excluding hydrogens is 426 g/mol. The first-order valence-electron chi connectivity index (χ1n) is 11.1. The third-order valence-electron chi connectivity index (χ3n) is 7.07. The summed E-state index contributed by atoms with van der Waals surface area (Å²) in [6.07, 6.45) is 4.70. The molecule has 2 aromatic rings. The highest BCUT2D eigenvalue weighted by molar-refractivity contribution is 7.86. The quantitative estimate of drug-likeness (QED) is 0.519. The van der Waals surface area contributed by atoms with Crippen LogP contribution in [0.5, 0.6) is 11.5 Å². The van der Waals surface area contributed by atoms with E-state index in [1.54, 1.807) is 31.4 Å². The second-order valence-corrected chi connectivity index (χ2v) is 10.6. The molecule has 6 nitrogen and oxygen atoms in total. The van der Waals surface area contributed by atoms with Gasteiger partial charge in [-0.3, -0.25) is 4.18 Å². The number of fused-ring (bicyclic) bond motifs is 2. The zero-order valence-corrected chi connectivity index (χ0v) is 19.4. The molecule has 170 valence electrons. The van der Waals surface area contributed by atoms with Gasteiger partial charge in [0.1, 0.15) is 12.2 Å². The van der Waals surface area contributed by atoms with Crippen LogP contribution in [0.15, 0.2) is 59.5 Å². The van der Waals surface area contributed by atoms with Gasteiger partial charge in [-0.05, 0) is 69.1 Å². The maximum Gasteiger partial charge on any atom is 0.297 e. The van der Waals surface area contributed by atoms with Crippen molar-refractivity contribution in [1.29, 1.82) is 0 Å². The first kappa shape index (κ1) is 21.5. The highest BCUT2D eigenvalue weighted by Crippen LogP contribution is 2.43. The highest BCUT2D eigenvalue weighted by Gasteiger charge is 2.47. The Morgan fingerprint density at radius 3 is 2.62 bits per heavy atom. The summed E-state index contributed by atoms with van der Waals surface area (Å²) < 4.78 is 44.0. The van der Waals surface area contributed by atoms with Gasteiger partial charge in [0, 0.05) is 12.0 Å². The number of likely N-dealkylation sites (tertiary alicyclic amines) is 1. The van der Waals surface area contributed by atoms with Gasteiger partial charge in [0.25, 0.3) is 10.1 Å². The Morgan fingerprint density at radius 1 is 1.09 bits per heavy atom. The number of rotatable bonds is 4. The number of likely N-dealkylation sites (N-methyl/N-ethyl adjacent to an activating group) is 1. The minimum atomic E-state index is -3.94. The average molecular weight is 456 g/mol. The predicted molar refractivity (Wildman–Crippen MR) is 122 cm³/mol. The summed E-state index contributed by atoms with van der Waals surface area (Å²) in [6.45, 7) is 2.86. The number of benzene rings is 2. The van der Waals surface area contributed by atoms with Gasteiger partial charge in [-0.15, -0.1) is 0 Å². The number of nitrogens with zero attached hydrogens (tertiary/aromatic N) is 1. The normalized spacial score (nSPS) is 29.4. The zero-order valence-electron chi connectivity index (χ0n) is 18.6. The van der Waals surface area contributed by atoms with E-state index in [2.05, 4.69) is 24.1 Å². The molecule has 2 heterocycles. The molecule has 0 N–H and O–H groups in total. The monoisotopic (exact) mass is 455 g/mol. The minimum Gasteiger partial charge on any atom is -0.493 e. The van der Waals surface area contributed by atoms with Crippen LogP contribution in [0.3, 0.4) is 0 Å². The SMILES string of the molecule is COc1ccc2cc1O[C@@H]1[C@H]3CCN(C)[C@H](C2)[C@@H]3C=C[C@@H]1OS(=O)(=O)c1ccc(C)cc1. The van der Waals surface area contributed by atoms with Crippen LogP contribution in [0.4, 0.5) is 0 Å². The van der Waals surface area contributed by atoms with E-state index in [1.165, 1.54) is 5.56 Å². The van der Waals surface area contributed by atoms with E-state index >= 15 is 0 Å². The van der Waals surface area contributed by atoms with Crippen LogP contribution in [-0.4, -0.2) is 52.3 Å². The van der Waals surface area contributed by atoms with E-state index < -0.39 is 22.3 Å². The maximum atomic E-state index is 13.1. The van der Waals surface area contributed by atoms with Crippen LogP contribution < -0.4 is 9.47 Å². The van der Waals surface area contributed by atoms with Crippen molar-refractivity contribution in [1.82, 2.24) is 4.90 Å². The summed E-state index contributed by atoms with van der Waals surface area (Å²) in [5.41, 5.74) is 2.18. The van der Waals surface area contributed by atoms with Crippen LogP contribution in [0.1, 0.15) is 17.5 Å². The number of piperidine rings is 1. The molecule has 0 radical (unpaired) electrons. The summed E-state index contributed by atoms with van der Waals surface area (Å²) in [6, 6.07) is 13.1. The Morgan fingerprint density at radius 2 is 1.88 bits per heavy atom. The van der Waals surface area contributed by atoms with Crippen molar-refractivity contribution in [2.24, 2.45) is 11.8 Å². The molecule has 0 spiro atoms. The third-order valence-corrected chi connectivity index (χ3v) is 8.40. The van der Waals surface area contributed by atoms with Gasteiger partial charge >= 0.3 is 0 Å².